The van der Waals surface area contributed by atoms with Gasteiger partial charge in [-0.3, -0.25) is 9.20 Å². The van der Waals surface area contributed by atoms with Crippen molar-refractivity contribution < 1.29 is 4.79 Å². The second kappa shape index (κ2) is 2.97. The van der Waals surface area contributed by atoms with Gasteiger partial charge in [0.05, 0.1) is 5.69 Å². The van der Waals surface area contributed by atoms with Crippen LogP contribution in [0.3, 0.4) is 0 Å². The van der Waals surface area contributed by atoms with Crippen LogP contribution in [0.1, 0.15) is 23.1 Å². The van der Waals surface area contributed by atoms with E-state index in [-0.39, 0.29) is 0 Å². The smallest absolute Gasteiger partial charge is 0.168 e. The summed E-state index contributed by atoms with van der Waals surface area (Å²) in [6.07, 6.45) is 4.85. The van der Waals surface area contributed by atoms with Gasteiger partial charge in [0.15, 0.2) is 6.29 Å². The highest BCUT2D eigenvalue weighted by molar-refractivity contribution is 5.76. The molecule has 2 aromatic heterocycles. The van der Waals surface area contributed by atoms with Crippen LogP contribution in [-0.4, -0.2) is 20.7 Å². The molecule has 0 amide bonds. The number of carbonyl (C=O) groups is 1. The third-order valence-electron chi connectivity index (χ3n) is 1.99. The van der Waals surface area contributed by atoms with E-state index in [2.05, 4.69) is 9.97 Å². The van der Waals surface area contributed by atoms with E-state index in [1.54, 1.807) is 23.0 Å². The lowest BCUT2D eigenvalue weighted by Gasteiger charge is -1.92. The van der Waals surface area contributed by atoms with Gasteiger partial charge < -0.3 is 0 Å². The van der Waals surface area contributed by atoms with Gasteiger partial charge in [-0.1, -0.05) is 6.92 Å². The zero-order valence-corrected chi connectivity index (χ0v) is 7.27. The van der Waals surface area contributed by atoms with Crippen molar-refractivity contribution in [2.75, 3.05) is 0 Å². The molecule has 0 bridgehead atoms. The van der Waals surface area contributed by atoms with Gasteiger partial charge >= 0.3 is 0 Å². The van der Waals surface area contributed by atoms with E-state index >= 15 is 0 Å². The van der Waals surface area contributed by atoms with Crippen LogP contribution in [-0.2, 0) is 6.42 Å². The van der Waals surface area contributed by atoms with Crippen LogP contribution in [0.4, 0.5) is 0 Å². The third kappa shape index (κ3) is 1.11. The summed E-state index contributed by atoms with van der Waals surface area (Å²) in [5.74, 6) is 0. The molecule has 0 radical (unpaired) electrons. The molecular formula is C9H9N3O. The Kier molecular flexibility index (Phi) is 1.81. The summed E-state index contributed by atoms with van der Waals surface area (Å²) in [7, 11) is 0. The fourth-order valence-electron chi connectivity index (χ4n) is 1.35. The van der Waals surface area contributed by atoms with Crippen LogP contribution in [0.2, 0.25) is 0 Å². The molecule has 0 spiro atoms. The lowest BCUT2D eigenvalue weighted by Crippen LogP contribution is -1.93. The van der Waals surface area contributed by atoms with E-state index in [1.807, 2.05) is 6.92 Å². The molecular weight excluding hydrogens is 166 g/mol. The Bertz CT molecular complexity index is 447. The number of aryl methyl sites for hydroxylation is 1. The molecule has 0 aliphatic rings. The Balaban J connectivity index is 2.81. The summed E-state index contributed by atoms with van der Waals surface area (Å²) < 4.78 is 1.70. The maximum atomic E-state index is 10.8. The lowest BCUT2D eigenvalue weighted by molar-refractivity contribution is 0.111. The van der Waals surface area contributed by atoms with Gasteiger partial charge in [0.1, 0.15) is 17.7 Å². The highest BCUT2D eigenvalue weighted by atomic mass is 16.1. The van der Waals surface area contributed by atoms with Crippen LogP contribution < -0.4 is 0 Å². The SMILES string of the molecule is CCc1nc2ccncn2c1C=O. The van der Waals surface area contributed by atoms with Crippen molar-refractivity contribution >= 4 is 11.9 Å². The Labute approximate surface area is 75.2 Å². The first kappa shape index (κ1) is 7.91. The van der Waals surface area contributed by atoms with Crippen LogP contribution in [0.25, 0.3) is 5.65 Å². The normalized spacial score (nSPS) is 10.5. The van der Waals surface area contributed by atoms with Crippen molar-refractivity contribution in [1.82, 2.24) is 14.4 Å². The fourth-order valence-corrected chi connectivity index (χ4v) is 1.35. The number of hydrogen-bond donors (Lipinski definition) is 0. The summed E-state index contributed by atoms with van der Waals surface area (Å²) in [6.45, 7) is 1.97. The first-order valence-corrected chi connectivity index (χ1v) is 4.13. The Hall–Kier alpha value is -1.71. The largest absolute Gasteiger partial charge is 0.296 e. The van der Waals surface area contributed by atoms with Crippen molar-refractivity contribution in [1.29, 1.82) is 0 Å². The number of rotatable bonds is 2. The zero-order valence-electron chi connectivity index (χ0n) is 7.27. The molecule has 2 aromatic rings. The highest BCUT2D eigenvalue weighted by Gasteiger charge is 2.08. The molecule has 0 atom stereocenters. The molecule has 2 rings (SSSR count). The molecule has 0 fully saturated rings. The number of imidazole rings is 1. The Morgan fingerprint density at radius 1 is 1.62 bits per heavy atom. The van der Waals surface area contributed by atoms with Gasteiger partial charge in [-0.2, -0.15) is 0 Å². The molecule has 4 heteroatoms. The number of fused-ring (bicyclic) bond motifs is 1. The molecule has 0 saturated heterocycles. The number of aldehydes is 1. The molecule has 0 aliphatic heterocycles. The topological polar surface area (TPSA) is 47.3 Å². The van der Waals surface area contributed by atoms with Crippen molar-refractivity contribution in [3.63, 3.8) is 0 Å². The minimum absolute atomic E-state index is 0.602. The fraction of sp³-hybridized carbons (Fsp3) is 0.222. The first-order valence-electron chi connectivity index (χ1n) is 4.13. The van der Waals surface area contributed by atoms with Crippen LogP contribution in [0.5, 0.6) is 0 Å². The van der Waals surface area contributed by atoms with Crippen molar-refractivity contribution in [2.45, 2.75) is 13.3 Å². The molecule has 66 valence electrons. The molecule has 0 unspecified atom stereocenters. The lowest BCUT2D eigenvalue weighted by atomic mass is 10.3. The molecule has 0 aromatic carbocycles. The monoisotopic (exact) mass is 175 g/mol. The summed E-state index contributed by atoms with van der Waals surface area (Å²) >= 11 is 0. The second-order valence-corrected chi connectivity index (χ2v) is 2.72. The van der Waals surface area contributed by atoms with Gasteiger partial charge in [-0.15, -0.1) is 0 Å². The van der Waals surface area contributed by atoms with Crippen molar-refractivity contribution in [3.05, 3.63) is 30.0 Å². The summed E-state index contributed by atoms with van der Waals surface area (Å²) in [6, 6.07) is 1.78. The maximum absolute atomic E-state index is 10.8. The van der Waals surface area contributed by atoms with Crippen LogP contribution in [0, 0.1) is 0 Å². The third-order valence-corrected chi connectivity index (χ3v) is 1.99. The predicted molar refractivity (Wildman–Crippen MR) is 47.8 cm³/mol. The summed E-state index contributed by atoms with van der Waals surface area (Å²) in [5, 5.41) is 0. The van der Waals surface area contributed by atoms with Crippen molar-refractivity contribution in [2.24, 2.45) is 0 Å². The minimum Gasteiger partial charge on any atom is -0.296 e. The van der Waals surface area contributed by atoms with Gasteiger partial charge in [0, 0.05) is 6.20 Å². The zero-order chi connectivity index (χ0) is 9.26. The summed E-state index contributed by atoms with van der Waals surface area (Å²) in [5.41, 5.74) is 2.20. The number of nitrogens with zero attached hydrogens (tertiary/aromatic N) is 3. The summed E-state index contributed by atoms with van der Waals surface area (Å²) in [4.78, 5) is 19.0. The second-order valence-electron chi connectivity index (χ2n) is 2.72. The maximum Gasteiger partial charge on any atom is 0.168 e. The van der Waals surface area contributed by atoms with Gasteiger partial charge in [-0.05, 0) is 12.5 Å². The Morgan fingerprint density at radius 2 is 2.46 bits per heavy atom. The number of hydrogen-bond acceptors (Lipinski definition) is 3. The molecule has 0 N–H and O–H groups in total. The number of aromatic nitrogens is 3. The first-order chi connectivity index (χ1) is 6.36. The average molecular weight is 175 g/mol. The van der Waals surface area contributed by atoms with Gasteiger partial charge in [0.2, 0.25) is 0 Å². The molecule has 13 heavy (non-hydrogen) atoms. The van der Waals surface area contributed by atoms with Crippen molar-refractivity contribution in [3.8, 4) is 0 Å². The molecule has 4 nitrogen and oxygen atoms in total. The highest BCUT2D eigenvalue weighted by Crippen LogP contribution is 2.09. The van der Waals surface area contributed by atoms with E-state index in [0.717, 1.165) is 24.0 Å². The standard InChI is InChI=1S/C9H9N3O/c1-2-7-8(5-13)12-6-10-4-3-9(12)11-7/h3-6H,2H2,1H3. The molecule has 0 aliphatic carbocycles. The minimum atomic E-state index is 0.602. The van der Waals surface area contributed by atoms with E-state index in [9.17, 15) is 4.79 Å². The van der Waals surface area contributed by atoms with E-state index in [4.69, 9.17) is 0 Å². The number of carbonyl (C=O) groups excluding carboxylic acids is 1. The molecule has 0 saturated carbocycles. The van der Waals surface area contributed by atoms with E-state index in [0.29, 0.717) is 5.69 Å². The predicted octanol–water partition coefficient (Wildman–Crippen LogP) is 1.10. The quantitative estimate of drug-likeness (QED) is 0.642. The Morgan fingerprint density at radius 3 is 3.15 bits per heavy atom. The van der Waals surface area contributed by atoms with Gasteiger partial charge in [-0.25, -0.2) is 9.97 Å². The van der Waals surface area contributed by atoms with E-state index in [1.165, 1.54) is 0 Å². The average Bonchev–Trinajstić information content (AvgIpc) is 2.55. The van der Waals surface area contributed by atoms with Gasteiger partial charge in [0.25, 0.3) is 0 Å². The van der Waals surface area contributed by atoms with Crippen LogP contribution >= 0.6 is 0 Å². The van der Waals surface area contributed by atoms with E-state index < -0.39 is 0 Å². The molecule has 2 heterocycles. The van der Waals surface area contributed by atoms with Crippen LogP contribution in [0.15, 0.2) is 18.6 Å².